The maximum Gasteiger partial charge on any atom is 0.280 e. The molecule has 0 saturated heterocycles. The Balaban J connectivity index is 1.83. The van der Waals surface area contributed by atoms with Crippen LogP contribution in [0.2, 0.25) is 0 Å². The fourth-order valence-electron chi connectivity index (χ4n) is 2.64. The number of carbonyl (C=O) groups is 1. The lowest BCUT2D eigenvalue weighted by molar-refractivity contribution is -0.111. The van der Waals surface area contributed by atoms with Gasteiger partial charge in [-0.2, -0.15) is 10.4 Å². The first-order valence-corrected chi connectivity index (χ1v) is 9.12. The number of sulfonamides is 1. The molecule has 0 spiro atoms. The molecule has 1 aliphatic heterocycles. The second-order valence-electron chi connectivity index (χ2n) is 5.53. The average Bonchev–Trinajstić information content (AvgIpc) is 3.07. The first-order chi connectivity index (χ1) is 12.4. The van der Waals surface area contributed by atoms with Gasteiger partial charge in [0.05, 0.1) is 16.3 Å². The highest BCUT2D eigenvalue weighted by Crippen LogP contribution is 2.32. The van der Waals surface area contributed by atoms with E-state index in [9.17, 15) is 13.2 Å². The Kier molecular flexibility index (Phi) is 4.60. The SMILES string of the molecule is N#C/C(=N/Nc1ccc(S(=O)(=O)N2CCc3ccccc32)cc1)C(N)=O. The minimum Gasteiger partial charge on any atom is -0.364 e. The van der Waals surface area contributed by atoms with Crippen molar-refractivity contribution in [1.29, 1.82) is 5.26 Å². The van der Waals surface area contributed by atoms with Gasteiger partial charge in [-0.25, -0.2) is 8.42 Å². The van der Waals surface area contributed by atoms with Crippen molar-refractivity contribution in [3.8, 4) is 6.07 Å². The first-order valence-electron chi connectivity index (χ1n) is 7.68. The number of benzene rings is 2. The first kappa shape index (κ1) is 17.4. The highest BCUT2D eigenvalue weighted by atomic mass is 32.2. The minimum absolute atomic E-state index is 0.138. The summed E-state index contributed by atoms with van der Waals surface area (Å²) in [6, 6.07) is 14.8. The number of fused-ring (bicyclic) bond motifs is 1. The summed E-state index contributed by atoms with van der Waals surface area (Å²) in [6.07, 6.45) is 0.674. The third kappa shape index (κ3) is 3.22. The maximum atomic E-state index is 12.9. The summed E-state index contributed by atoms with van der Waals surface area (Å²) < 4.78 is 27.2. The second kappa shape index (κ2) is 6.85. The van der Waals surface area contributed by atoms with Gasteiger partial charge < -0.3 is 5.73 Å². The van der Waals surface area contributed by atoms with Crippen molar-refractivity contribution in [1.82, 2.24) is 0 Å². The van der Waals surface area contributed by atoms with E-state index in [1.54, 1.807) is 12.1 Å². The van der Waals surface area contributed by atoms with Crippen LogP contribution in [0.4, 0.5) is 11.4 Å². The summed E-state index contributed by atoms with van der Waals surface area (Å²) in [6.45, 7) is 0.399. The molecule has 1 aliphatic rings. The molecular formula is C17H15N5O3S. The Morgan fingerprint density at radius 2 is 1.88 bits per heavy atom. The van der Waals surface area contributed by atoms with Crippen LogP contribution < -0.4 is 15.5 Å². The molecule has 0 aromatic heterocycles. The predicted molar refractivity (Wildman–Crippen MR) is 97.0 cm³/mol. The van der Waals surface area contributed by atoms with Crippen LogP contribution in [0.5, 0.6) is 0 Å². The molecule has 0 atom stereocenters. The smallest absolute Gasteiger partial charge is 0.280 e. The van der Waals surface area contributed by atoms with Gasteiger partial charge >= 0.3 is 0 Å². The van der Waals surface area contributed by atoms with E-state index < -0.39 is 21.6 Å². The van der Waals surface area contributed by atoms with E-state index in [0.29, 0.717) is 24.3 Å². The fourth-order valence-corrected chi connectivity index (χ4v) is 4.15. The number of primary amides is 1. The van der Waals surface area contributed by atoms with Gasteiger partial charge in [0.15, 0.2) is 0 Å². The molecule has 2 aromatic carbocycles. The monoisotopic (exact) mass is 369 g/mol. The van der Waals surface area contributed by atoms with Gasteiger partial charge in [-0.05, 0) is 42.3 Å². The predicted octanol–water partition coefficient (Wildman–Crippen LogP) is 1.21. The van der Waals surface area contributed by atoms with Crippen LogP contribution in [-0.4, -0.2) is 26.6 Å². The Hall–Kier alpha value is -3.38. The molecule has 0 bridgehead atoms. The zero-order chi connectivity index (χ0) is 18.7. The Morgan fingerprint density at radius 3 is 2.54 bits per heavy atom. The third-order valence-electron chi connectivity index (χ3n) is 3.92. The van der Waals surface area contributed by atoms with Crippen LogP contribution in [0.25, 0.3) is 0 Å². The summed E-state index contributed by atoms with van der Waals surface area (Å²) in [5.41, 5.74) is 9.11. The van der Waals surface area contributed by atoms with Crippen LogP contribution in [0.3, 0.4) is 0 Å². The molecule has 0 aliphatic carbocycles. The third-order valence-corrected chi connectivity index (χ3v) is 5.75. The van der Waals surface area contributed by atoms with Crippen LogP contribution in [0, 0.1) is 11.3 Å². The van der Waals surface area contributed by atoms with Gasteiger partial charge in [0.1, 0.15) is 6.07 Å². The summed E-state index contributed by atoms with van der Waals surface area (Å²) >= 11 is 0. The van der Waals surface area contributed by atoms with E-state index in [1.165, 1.54) is 28.6 Å². The average molecular weight is 369 g/mol. The molecular weight excluding hydrogens is 354 g/mol. The van der Waals surface area contributed by atoms with E-state index in [4.69, 9.17) is 11.0 Å². The molecule has 0 unspecified atom stereocenters. The second-order valence-corrected chi connectivity index (χ2v) is 7.39. The van der Waals surface area contributed by atoms with Crippen LogP contribution in [-0.2, 0) is 21.2 Å². The van der Waals surface area contributed by atoms with Crippen molar-refractivity contribution < 1.29 is 13.2 Å². The number of para-hydroxylation sites is 1. The molecule has 1 amide bonds. The standard InChI is InChI=1S/C17H15N5O3S/c18-11-15(17(19)23)21-20-13-5-7-14(8-6-13)26(24,25)22-10-9-12-3-1-2-4-16(12)22/h1-8,20H,9-10H2,(H2,19,23)/b21-15-. The van der Waals surface area contributed by atoms with Gasteiger partial charge in [0, 0.05) is 6.54 Å². The Morgan fingerprint density at radius 1 is 1.19 bits per heavy atom. The summed E-state index contributed by atoms with van der Waals surface area (Å²) in [7, 11) is -3.67. The number of rotatable bonds is 5. The number of nitriles is 1. The van der Waals surface area contributed by atoms with Crippen molar-refractivity contribution in [3.05, 3.63) is 54.1 Å². The lowest BCUT2D eigenvalue weighted by Crippen LogP contribution is -2.29. The van der Waals surface area contributed by atoms with Gasteiger partial charge in [0.25, 0.3) is 15.9 Å². The minimum atomic E-state index is -3.67. The molecule has 3 N–H and O–H groups in total. The van der Waals surface area contributed by atoms with Crippen LogP contribution in [0.1, 0.15) is 5.56 Å². The number of nitrogens with zero attached hydrogens (tertiary/aromatic N) is 3. The van der Waals surface area contributed by atoms with E-state index in [0.717, 1.165) is 5.56 Å². The van der Waals surface area contributed by atoms with Crippen molar-refractivity contribution in [3.63, 3.8) is 0 Å². The molecule has 3 rings (SSSR count). The quantitative estimate of drug-likeness (QED) is 0.605. The normalized spacial score (nSPS) is 13.8. The van der Waals surface area contributed by atoms with Crippen molar-refractivity contribution in [2.45, 2.75) is 11.3 Å². The Bertz CT molecular complexity index is 1020. The molecule has 2 aromatic rings. The Labute approximate surface area is 150 Å². The van der Waals surface area contributed by atoms with Crippen molar-refractivity contribution >= 4 is 33.0 Å². The maximum absolute atomic E-state index is 12.9. The van der Waals surface area contributed by atoms with Gasteiger partial charge in [0.2, 0.25) is 5.71 Å². The zero-order valence-electron chi connectivity index (χ0n) is 13.6. The number of hydrogen-bond donors (Lipinski definition) is 2. The lowest BCUT2D eigenvalue weighted by Gasteiger charge is -2.19. The molecule has 1 heterocycles. The number of hydrogen-bond acceptors (Lipinski definition) is 6. The van der Waals surface area contributed by atoms with Crippen LogP contribution >= 0.6 is 0 Å². The van der Waals surface area contributed by atoms with Gasteiger partial charge in [-0.1, -0.05) is 18.2 Å². The molecule has 132 valence electrons. The lowest BCUT2D eigenvalue weighted by atomic mass is 10.2. The van der Waals surface area contributed by atoms with E-state index >= 15 is 0 Å². The highest BCUT2D eigenvalue weighted by Gasteiger charge is 2.30. The largest absolute Gasteiger partial charge is 0.364 e. The van der Waals surface area contributed by atoms with Crippen molar-refractivity contribution in [2.24, 2.45) is 10.8 Å². The van der Waals surface area contributed by atoms with E-state index in [-0.39, 0.29) is 4.90 Å². The summed E-state index contributed by atoms with van der Waals surface area (Å²) in [5.74, 6) is -0.952. The number of amides is 1. The summed E-state index contributed by atoms with van der Waals surface area (Å²) in [4.78, 5) is 11.1. The number of nitrogens with two attached hydrogens (primary N) is 1. The molecule has 0 radical (unpaired) electrons. The summed E-state index contributed by atoms with van der Waals surface area (Å²) in [5, 5.41) is 12.3. The molecule has 0 saturated carbocycles. The van der Waals surface area contributed by atoms with Gasteiger partial charge in [-0.15, -0.1) is 0 Å². The number of anilines is 2. The number of nitrogens with one attached hydrogen (secondary N) is 1. The molecule has 9 heteroatoms. The zero-order valence-corrected chi connectivity index (χ0v) is 14.4. The van der Waals surface area contributed by atoms with Gasteiger partial charge in [-0.3, -0.25) is 14.5 Å². The van der Waals surface area contributed by atoms with Crippen molar-refractivity contribution in [2.75, 3.05) is 16.3 Å². The molecule has 8 nitrogen and oxygen atoms in total. The highest BCUT2D eigenvalue weighted by molar-refractivity contribution is 7.92. The number of carbonyl (C=O) groups excluding carboxylic acids is 1. The molecule has 26 heavy (non-hydrogen) atoms. The fraction of sp³-hybridized carbons (Fsp3) is 0.118. The molecule has 0 fully saturated rings. The van der Waals surface area contributed by atoms with E-state index in [1.807, 2.05) is 18.2 Å². The number of hydrazone groups is 1. The van der Waals surface area contributed by atoms with Crippen LogP contribution in [0.15, 0.2) is 58.5 Å². The van der Waals surface area contributed by atoms with E-state index in [2.05, 4.69) is 10.5 Å². The topological polar surface area (TPSA) is 129 Å².